The summed E-state index contributed by atoms with van der Waals surface area (Å²) in [5.74, 6) is 1.03. The summed E-state index contributed by atoms with van der Waals surface area (Å²) in [7, 11) is -3.04. The van der Waals surface area contributed by atoms with Gasteiger partial charge in [-0.15, -0.1) is 0 Å². The Labute approximate surface area is 169 Å². The van der Waals surface area contributed by atoms with E-state index in [-0.39, 0.29) is 5.75 Å². The molecule has 6 nitrogen and oxygen atoms in total. The summed E-state index contributed by atoms with van der Waals surface area (Å²) < 4.78 is 23.8. The van der Waals surface area contributed by atoms with Crippen molar-refractivity contribution in [1.82, 2.24) is 15.1 Å². The summed E-state index contributed by atoms with van der Waals surface area (Å²) in [6.07, 6.45) is 2.13. The average molecular weight is 407 g/mol. The molecule has 1 N–H and O–H groups in total. The molecule has 7 heteroatoms. The molecule has 1 saturated heterocycles. The zero-order valence-corrected chi connectivity index (χ0v) is 18.3. The molecule has 2 aliphatic rings. The van der Waals surface area contributed by atoms with Crippen molar-refractivity contribution in [2.45, 2.75) is 44.9 Å². The lowest BCUT2D eigenvalue weighted by molar-refractivity contribution is 0.252. The van der Waals surface area contributed by atoms with Crippen LogP contribution in [0.2, 0.25) is 0 Å². The topological polar surface area (TPSA) is 65.0 Å². The predicted molar refractivity (Wildman–Crippen MR) is 115 cm³/mol. The summed E-state index contributed by atoms with van der Waals surface area (Å²) in [4.78, 5) is 9.39. The average Bonchev–Trinajstić information content (AvgIpc) is 2.66. The van der Waals surface area contributed by atoms with E-state index in [1.54, 1.807) is 0 Å². The van der Waals surface area contributed by atoms with Gasteiger partial charge in [-0.25, -0.2) is 8.42 Å². The Hall–Kier alpha value is -1.60. The smallest absolute Gasteiger partial charge is 0.193 e. The number of rotatable bonds is 5. The number of fused-ring (bicyclic) bond motifs is 1. The number of guanidine groups is 1. The molecule has 1 fully saturated rings. The van der Waals surface area contributed by atoms with E-state index in [1.165, 1.54) is 11.1 Å². The van der Waals surface area contributed by atoms with Crippen molar-refractivity contribution in [3.63, 3.8) is 0 Å². The lowest BCUT2D eigenvalue weighted by Crippen LogP contribution is -2.57. The maximum Gasteiger partial charge on any atom is 0.193 e. The predicted octanol–water partition coefficient (Wildman–Crippen LogP) is 1.91. The first-order valence-electron chi connectivity index (χ1n) is 10.4. The Morgan fingerprint density at radius 1 is 1.21 bits per heavy atom. The molecule has 2 aliphatic heterocycles. The molecular formula is C21H34N4O2S. The van der Waals surface area contributed by atoms with Gasteiger partial charge in [0.2, 0.25) is 0 Å². The fourth-order valence-electron chi connectivity index (χ4n) is 3.97. The highest BCUT2D eigenvalue weighted by molar-refractivity contribution is 7.92. The van der Waals surface area contributed by atoms with Gasteiger partial charge in [0.25, 0.3) is 0 Å². The van der Waals surface area contributed by atoms with Gasteiger partial charge in [-0.05, 0) is 44.7 Å². The molecule has 0 radical (unpaired) electrons. The van der Waals surface area contributed by atoms with Gasteiger partial charge in [-0.3, -0.25) is 9.89 Å². The molecular weight excluding hydrogens is 372 g/mol. The van der Waals surface area contributed by atoms with Crippen LogP contribution in [0.3, 0.4) is 0 Å². The number of sulfone groups is 1. The molecule has 1 aromatic rings. The van der Waals surface area contributed by atoms with Gasteiger partial charge >= 0.3 is 0 Å². The minimum absolute atomic E-state index is 0.192. The molecule has 0 aliphatic carbocycles. The number of nitrogens with zero attached hydrogens (tertiary/aromatic N) is 3. The highest BCUT2D eigenvalue weighted by Crippen LogP contribution is 2.24. The van der Waals surface area contributed by atoms with Crippen LogP contribution in [0.5, 0.6) is 0 Å². The van der Waals surface area contributed by atoms with Gasteiger partial charge in [0, 0.05) is 45.8 Å². The SMILES string of the molecule is CCNC(=NCCCN1CCc2ccccc2C1)N1CCS(=O)(=O)C(C)(C)C1. The lowest BCUT2D eigenvalue weighted by Gasteiger charge is -2.39. The second-order valence-corrected chi connectivity index (χ2v) is 11.1. The van der Waals surface area contributed by atoms with E-state index in [2.05, 4.69) is 39.4 Å². The van der Waals surface area contributed by atoms with Gasteiger partial charge in [-0.2, -0.15) is 0 Å². The van der Waals surface area contributed by atoms with E-state index < -0.39 is 14.6 Å². The van der Waals surface area contributed by atoms with Crippen LogP contribution in [0.1, 0.15) is 38.3 Å². The molecule has 1 aromatic carbocycles. The van der Waals surface area contributed by atoms with Crippen molar-refractivity contribution < 1.29 is 8.42 Å². The number of nitrogens with one attached hydrogen (secondary N) is 1. The largest absolute Gasteiger partial charge is 0.357 e. The van der Waals surface area contributed by atoms with Crippen molar-refractivity contribution in [1.29, 1.82) is 0 Å². The van der Waals surface area contributed by atoms with Crippen molar-refractivity contribution in [2.24, 2.45) is 4.99 Å². The molecule has 156 valence electrons. The normalized spacial score (nSPS) is 22.0. The zero-order valence-electron chi connectivity index (χ0n) is 17.4. The third-order valence-electron chi connectivity index (χ3n) is 5.78. The first-order chi connectivity index (χ1) is 13.3. The first kappa shape index (κ1) is 21.1. The van der Waals surface area contributed by atoms with Crippen molar-refractivity contribution in [2.75, 3.05) is 45.0 Å². The molecule has 3 rings (SSSR count). The Kier molecular flexibility index (Phi) is 6.65. The quantitative estimate of drug-likeness (QED) is 0.460. The van der Waals surface area contributed by atoms with Crippen molar-refractivity contribution >= 4 is 15.8 Å². The van der Waals surface area contributed by atoms with Crippen LogP contribution in [0.15, 0.2) is 29.3 Å². The minimum Gasteiger partial charge on any atom is -0.357 e. The van der Waals surface area contributed by atoms with E-state index in [4.69, 9.17) is 4.99 Å². The summed E-state index contributed by atoms with van der Waals surface area (Å²) >= 11 is 0. The maximum atomic E-state index is 12.3. The van der Waals surface area contributed by atoms with Gasteiger partial charge in [0.15, 0.2) is 15.8 Å². The fraction of sp³-hybridized carbons (Fsp3) is 0.667. The lowest BCUT2D eigenvalue weighted by atomic mass is 10.00. The van der Waals surface area contributed by atoms with E-state index in [0.717, 1.165) is 51.5 Å². The fourth-order valence-corrected chi connectivity index (χ4v) is 5.34. The molecule has 0 spiro atoms. The third-order valence-corrected chi connectivity index (χ3v) is 8.31. The highest BCUT2D eigenvalue weighted by atomic mass is 32.2. The summed E-state index contributed by atoms with van der Waals surface area (Å²) in [6.45, 7) is 11.4. The van der Waals surface area contributed by atoms with Crippen LogP contribution in [0, 0.1) is 0 Å². The van der Waals surface area contributed by atoms with Crippen LogP contribution in [-0.4, -0.2) is 73.9 Å². The van der Waals surface area contributed by atoms with Crippen LogP contribution in [-0.2, 0) is 22.8 Å². The summed E-state index contributed by atoms with van der Waals surface area (Å²) in [5.41, 5.74) is 2.93. The van der Waals surface area contributed by atoms with E-state index in [9.17, 15) is 8.42 Å². The molecule has 0 bridgehead atoms. The number of hydrogen-bond donors (Lipinski definition) is 1. The number of benzene rings is 1. The molecule has 28 heavy (non-hydrogen) atoms. The summed E-state index contributed by atoms with van der Waals surface area (Å²) in [6, 6.07) is 8.71. The van der Waals surface area contributed by atoms with Crippen LogP contribution >= 0.6 is 0 Å². The molecule has 0 unspecified atom stereocenters. The summed E-state index contributed by atoms with van der Waals surface area (Å²) in [5, 5.41) is 3.34. The molecule has 2 heterocycles. The number of hydrogen-bond acceptors (Lipinski definition) is 4. The molecule has 0 aromatic heterocycles. The monoisotopic (exact) mass is 406 g/mol. The van der Waals surface area contributed by atoms with Crippen LogP contribution < -0.4 is 5.32 Å². The highest BCUT2D eigenvalue weighted by Gasteiger charge is 2.40. The van der Waals surface area contributed by atoms with Crippen molar-refractivity contribution in [3.05, 3.63) is 35.4 Å². The minimum atomic E-state index is -3.04. The standard InChI is InChI=1S/C21H34N4O2S/c1-4-22-20(25-14-15-28(26,27)21(2,3)17-25)23-11-7-12-24-13-10-18-8-5-6-9-19(18)16-24/h5-6,8-9H,4,7,10-17H2,1-3H3,(H,22,23). The number of aliphatic imine (C=N–C) groups is 1. The van der Waals surface area contributed by atoms with Crippen LogP contribution in [0.25, 0.3) is 0 Å². The Balaban J connectivity index is 1.53. The third kappa shape index (κ3) is 4.87. The molecule has 0 saturated carbocycles. The molecule has 0 amide bonds. The Bertz CT molecular complexity index is 804. The second-order valence-electron chi connectivity index (χ2n) is 8.38. The van der Waals surface area contributed by atoms with Crippen molar-refractivity contribution in [3.8, 4) is 0 Å². The van der Waals surface area contributed by atoms with E-state index in [0.29, 0.717) is 13.1 Å². The van der Waals surface area contributed by atoms with Gasteiger partial charge < -0.3 is 10.2 Å². The van der Waals surface area contributed by atoms with E-state index >= 15 is 0 Å². The second kappa shape index (κ2) is 8.82. The van der Waals surface area contributed by atoms with E-state index in [1.807, 2.05) is 20.8 Å². The first-order valence-corrected chi connectivity index (χ1v) is 12.0. The van der Waals surface area contributed by atoms with Crippen LogP contribution in [0.4, 0.5) is 0 Å². The molecule has 0 atom stereocenters. The zero-order chi connectivity index (χ0) is 20.2. The van der Waals surface area contributed by atoms with Gasteiger partial charge in [0.05, 0.1) is 10.5 Å². The van der Waals surface area contributed by atoms with Gasteiger partial charge in [0.1, 0.15) is 0 Å². The Morgan fingerprint density at radius 3 is 2.68 bits per heavy atom. The maximum absolute atomic E-state index is 12.3. The Morgan fingerprint density at radius 2 is 1.96 bits per heavy atom. The van der Waals surface area contributed by atoms with Gasteiger partial charge in [-0.1, -0.05) is 24.3 Å².